The predicted octanol–water partition coefficient (Wildman–Crippen LogP) is 4.85. The maximum absolute atomic E-state index is 13.2. The zero-order chi connectivity index (χ0) is 15.2. The minimum absolute atomic E-state index is 0.157. The summed E-state index contributed by atoms with van der Waals surface area (Å²) in [5.41, 5.74) is 0.658. The predicted molar refractivity (Wildman–Crippen MR) is 74.8 cm³/mol. The monoisotopic (exact) mass is 335 g/mol. The fourth-order valence-corrected chi connectivity index (χ4v) is 2.76. The smallest absolute Gasteiger partial charge is 0.363 e. The van der Waals surface area contributed by atoms with E-state index in [2.05, 4.69) is 10.4 Å². The van der Waals surface area contributed by atoms with Gasteiger partial charge in [0.05, 0.1) is 22.3 Å². The second-order valence-electron chi connectivity index (χ2n) is 4.82. The number of hydrogen-bond donors (Lipinski definition) is 1. The Bertz CT molecular complexity index is 669. The Morgan fingerprint density at radius 1 is 1.19 bits per heavy atom. The number of nitrogens with zero attached hydrogens (tertiary/aromatic N) is 2. The summed E-state index contributed by atoms with van der Waals surface area (Å²) in [5.74, 6) is 0.333. The number of alkyl halides is 3. The van der Waals surface area contributed by atoms with Crippen LogP contribution in [0.4, 0.5) is 19.0 Å². The average molecular weight is 336 g/mol. The topological polar surface area (TPSA) is 29.9 Å². The van der Waals surface area contributed by atoms with Crippen LogP contribution in [-0.2, 0) is 0 Å². The first-order valence-electron chi connectivity index (χ1n) is 6.18. The Hall–Kier alpha value is -1.40. The van der Waals surface area contributed by atoms with Crippen LogP contribution in [0.5, 0.6) is 0 Å². The number of anilines is 1. The van der Waals surface area contributed by atoms with Crippen LogP contribution in [0.25, 0.3) is 0 Å². The number of aromatic nitrogens is 2. The van der Waals surface area contributed by atoms with Gasteiger partial charge < -0.3 is 5.32 Å². The van der Waals surface area contributed by atoms with Crippen molar-refractivity contribution in [3.63, 3.8) is 0 Å². The largest absolute Gasteiger partial charge is 0.410 e. The first-order chi connectivity index (χ1) is 9.86. The molecule has 0 bridgehead atoms. The van der Waals surface area contributed by atoms with E-state index in [9.17, 15) is 13.2 Å². The van der Waals surface area contributed by atoms with E-state index in [1.165, 1.54) is 12.3 Å². The van der Waals surface area contributed by atoms with Crippen LogP contribution < -0.4 is 5.32 Å². The number of rotatable bonds is 1. The van der Waals surface area contributed by atoms with Crippen molar-refractivity contribution in [2.45, 2.75) is 24.7 Å². The Morgan fingerprint density at radius 3 is 2.62 bits per heavy atom. The van der Waals surface area contributed by atoms with Crippen molar-refractivity contribution < 1.29 is 13.2 Å². The first kappa shape index (κ1) is 14.5. The van der Waals surface area contributed by atoms with Crippen molar-refractivity contribution in [2.24, 2.45) is 0 Å². The van der Waals surface area contributed by atoms with Gasteiger partial charge in [-0.1, -0.05) is 29.3 Å². The van der Waals surface area contributed by atoms with E-state index >= 15 is 0 Å². The summed E-state index contributed by atoms with van der Waals surface area (Å²) in [6.07, 6.45) is -3.17. The third-order valence-corrected chi connectivity index (χ3v) is 4.21. The molecule has 0 spiro atoms. The minimum atomic E-state index is -4.36. The zero-order valence-electron chi connectivity index (χ0n) is 10.5. The Balaban J connectivity index is 1.98. The number of fused-ring (bicyclic) bond motifs is 1. The van der Waals surface area contributed by atoms with E-state index in [1.54, 1.807) is 18.2 Å². The van der Waals surface area contributed by atoms with Crippen molar-refractivity contribution in [1.82, 2.24) is 9.78 Å². The number of nitrogens with one attached hydrogen (secondary N) is 1. The normalized spacial score (nSPS) is 21.8. The lowest BCUT2D eigenvalue weighted by atomic mass is 9.97. The maximum atomic E-state index is 13.2. The van der Waals surface area contributed by atoms with Crippen molar-refractivity contribution in [3.8, 4) is 0 Å². The molecule has 1 aromatic carbocycles. The van der Waals surface area contributed by atoms with Gasteiger partial charge in [-0.3, -0.25) is 0 Å². The van der Waals surface area contributed by atoms with Gasteiger partial charge >= 0.3 is 6.18 Å². The molecule has 2 heterocycles. The molecule has 3 nitrogen and oxygen atoms in total. The number of halogens is 5. The summed E-state index contributed by atoms with van der Waals surface area (Å²) in [6, 6.07) is 4.18. The molecule has 0 saturated carbocycles. The molecule has 0 saturated heterocycles. The Labute approximate surface area is 128 Å². The van der Waals surface area contributed by atoms with Crippen LogP contribution in [-0.4, -0.2) is 16.0 Å². The van der Waals surface area contributed by atoms with Gasteiger partial charge in [0.25, 0.3) is 0 Å². The zero-order valence-corrected chi connectivity index (χ0v) is 12.0. The molecule has 1 aliphatic heterocycles. The molecular formula is C13H10Cl2F3N3. The summed E-state index contributed by atoms with van der Waals surface area (Å²) < 4.78 is 40.5. The molecule has 1 aromatic heterocycles. The van der Waals surface area contributed by atoms with Crippen LogP contribution in [0.3, 0.4) is 0 Å². The molecule has 1 N–H and O–H groups in total. The summed E-state index contributed by atoms with van der Waals surface area (Å²) in [4.78, 5) is 0. The number of hydrogen-bond acceptors (Lipinski definition) is 2. The van der Waals surface area contributed by atoms with Crippen LogP contribution in [0.15, 0.2) is 30.5 Å². The van der Waals surface area contributed by atoms with Gasteiger partial charge in [-0.15, -0.1) is 0 Å². The van der Waals surface area contributed by atoms with E-state index in [4.69, 9.17) is 23.2 Å². The average Bonchev–Trinajstić information content (AvgIpc) is 2.87. The molecule has 0 unspecified atom stereocenters. The van der Waals surface area contributed by atoms with Crippen molar-refractivity contribution in [2.75, 3.05) is 5.32 Å². The van der Waals surface area contributed by atoms with Gasteiger partial charge in [-0.05, 0) is 17.7 Å². The van der Waals surface area contributed by atoms with Gasteiger partial charge in [0.1, 0.15) is 5.82 Å². The molecule has 112 valence electrons. The minimum Gasteiger partial charge on any atom is -0.363 e. The fourth-order valence-electron chi connectivity index (χ4n) is 2.46. The number of benzene rings is 1. The molecule has 8 heteroatoms. The van der Waals surface area contributed by atoms with E-state index in [0.717, 1.165) is 4.68 Å². The molecule has 0 aliphatic carbocycles. The molecule has 21 heavy (non-hydrogen) atoms. The lowest BCUT2D eigenvalue weighted by molar-refractivity contribution is -0.173. The van der Waals surface area contributed by atoms with E-state index in [1.807, 2.05) is 0 Å². The summed E-state index contributed by atoms with van der Waals surface area (Å²) in [6.45, 7) is 0. The maximum Gasteiger partial charge on any atom is 0.410 e. The SMILES string of the molecule is FC(F)(F)[C@@H]1C[C@@H](c2ccc(Cl)c(Cl)c2)Nc2ccnn21. The molecular weight excluding hydrogens is 326 g/mol. The lowest BCUT2D eigenvalue weighted by Crippen LogP contribution is -2.35. The van der Waals surface area contributed by atoms with Crippen molar-refractivity contribution in [1.29, 1.82) is 0 Å². The second kappa shape index (κ2) is 5.10. The standard InChI is InChI=1S/C13H10Cl2F3N3/c14-8-2-1-7(5-9(8)15)10-6-11(13(16,17)18)21-12(20-10)3-4-19-21/h1-5,10-11,20H,6H2/t10-,11-/m0/s1. The van der Waals surface area contributed by atoms with Crippen molar-refractivity contribution in [3.05, 3.63) is 46.1 Å². The first-order valence-corrected chi connectivity index (χ1v) is 6.93. The summed E-state index contributed by atoms with van der Waals surface area (Å²) in [7, 11) is 0. The van der Waals surface area contributed by atoms with Crippen molar-refractivity contribution >= 4 is 29.0 Å². The quantitative estimate of drug-likeness (QED) is 0.807. The fraction of sp³-hybridized carbons (Fsp3) is 0.308. The molecule has 3 rings (SSSR count). The summed E-state index contributed by atoms with van der Waals surface area (Å²) in [5, 5.41) is 7.48. The third kappa shape index (κ3) is 2.70. The molecule has 0 fully saturated rings. The van der Waals surface area contributed by atoms with Gasteiger partial charge in [-0.2, -0.15) is 18.3 Å². The highest BCUT2D eigenvalue weighted by atomic mass is 35.5. The Morgan fingerprint density at radius 2 is 1.95 bits per heavy atom. The lowest BCUT2D eigenvalue weighted by Gasteiger charge is -2.33. The molecule has 1 aliphatic rings. The second-order valence-corrected chi connectivity index (χ2v) is 5.64. The van der Waals surface area contributed by atoms with Gasteiger partial charge in [0.15, 0.2) is 6.04 Å². The highest BCUT2D eigenvalue weighted by molar-refractivity contribution is 6.42. The van der Waals surface area contributed by atoms with Crippen LogP contribution in [0.2, 0.25) is 10.0 Å². The highest BCUT2D eigenvalue weighted by Crippen LogP contribution is 2.43. The van der Waals surface area contributed by atoms with Gasteiger partial charge in [0, 0.05) is 12.5 Å². The van der Waals surface area contributed by atoms with Gasteiger partial charge in [-0.25, -0.2) is 4.68 Å². The van der Waals surface area contributed by atoms with Gasteiger partial charge in [0.2, 0.25) is 0 Å². The van der Waals surface area contributed by atoms with Crippen LogP contribution >= 0.6 is 23.2 Å². The molecule has 2 atom stereocenters. The molecule has 0 amide bonds. The van der Waals surface area contributed by atoms with E-state index < -0.39 is 18.3 Å². The third-order valence-electron chi connectivity index (χ3n) is 3.47. The van der Waals surface area contributed by atoms with Crippen LogP contribution in [0.1, 0.15) is 24.1 Å². The summed E-state index contributed by atoms with van der Waals surface area (Å²) >= 11 is 11.8. The van der Waals surface area contributed by atoms with E-state index in [0.29, 0.717) is 21.4 Å². The van der Waals surface area contributed by atoms with E-state index in [-0.39, 0.29) is 6.42 Å². The molecule has 2 aromatic rings. The molecule has 0 radical (unpaired) electrons. The Kier molecular flexibility index (Phi) is 3.53. The van der Waals surface area contributed by atoms with Crippen LogP contribution in [0, 0.1) is 0 Å². The highest BCUT2D eigenvalue weighted by Gasteiger charge is 2.46.